The second kappa shape index (κ2) is 10.1. The Morgan fingerprint density at radius 2 is 1.14 bits per heavy atom. The van der Waals surface area contributed by atoms with Crippen LogP contribution in [0.5, 0.6) is 0 Å². The molecule has 0 saturated heterocycles. The van der Waals surface area contributed by atoms with Crippen molar-refractivity contribution < 1.29 is 33.7 Å². The number of unbranched alkanes of at least 4 members (excludes halogenated alkanes) is 1. The Hall–Kier alpha value is -1.83. The lowest BCUT2D eigenvalue weighted by atomic mass is 10.1. The smallest absolute Gasteiger partial charge is 0.420 e. The minimum absolute atomic E-state index is 0.0695. The molecule has 0 bridgehead atoms. The van der Waals surface area contributed by atoms with Crippen molar-refractivity contribution in [3.05, 3.63) is 0 Å². The van der Waals surface area contributed by atoms with Gasteiger partial charge in [-0.15, -0.1) is 0 Å². The molecule has 1 N–H and O–H groups in total. The van der Waals surface area contributed by atoms with Crippen molar-refractivity contribution in [2.75, 3.05) is 6.61 Å². The molecule has 164 valence electrons. The van der Waals surface area contributed by atoms with Crippen molar-refractivity contribution >= 4 is 18.2 Å². The second-order valence-electron chi connectivity index (χ2n) is 9.60. The van der Waals surface area contributed by atoms with Crippen LogP contribution in [-0.2, 0) is 19.0 Å². The number of carbonyl (C=O) groups excluding carboxylic acids is 3. The highest BCUT2D eigenvalue weighted by Crippen LogP contribution is 2.22. The van der Waals surface area contributed by atoms with Crippen LogP contribution in [0.15, 0.2) is 0 Å². The summed E-state index contributed by atoms with van der Waals surface area (Å²) in [5, 5.41) is 9.05. The van der Waals surface area contributed by atoms with E-state index < -0.39 is 41.0 Å². The predicted octanol–water partition coefficient (Wildman–Crippen LogP) is 4.03. The van der Waals surface area contributed by atoms with Crippen molar-refractivity contribution in [2.24, 2.45) is 0 Å². The van der Waals surface area contributed by atoms with E-state index in [9.17, 15) is 14.4 Å². The van der Waals surface area contributed by atoms with E-state index in [-0.39, 0.29) is 13.0 Å². The lowest BCUT2D eigenvalue weighted by Gasteiger charge is -2.33. The van der Waals surface area contributed by atoms with Gasteiger partial charge in [0.25, 0.3) is 0 Å². The topological polar surface area (TPSA) is 102 Å². The molecule has 8 nitrogen and oxygen atoms in total. The second-order valence-corrected chi connectivity index (χ2v) is 9.60. The Labute approximate surface area is 168 Å². The highest BCUT2D eigenvalue weighted by atomic mass is 16.6. The summed E-state index contributed by atoms with van der Waals surface area (Å²) in [6, 6.07) is -1.23. The van der Waals surface area contributed by atoms with E-state index in [0.717, 1.165) is 0 Å². The average molecular weight is 405 g/mol. The van der Waals surface area contributed by atoms with Gasteiger partial charge < -0.3 is 19.3 Å². The van der Waals surface area contributed by atoms with Gasteiger partial charge >= 0.3 is 18.2 Å². The van der Waals surface area contributed by atoms with Crippen LogP contribution in [0.2, 0.25) is 0 Å². The SMILES string of the molecule is CC(C)(C)OC(=O)[C@H](CCC[13CH2]O)N(C(=O)OC(C)(C)C)C(=O)OC(C)(C)C. The number of aliphatic hydroxyl groups is 1. The molecule has 1 atom stereocenters. The maximum absolute atomic E-state index is 12.8. The van der Waals surface area contributed by atoms with Crippen LogP contribution in [0.4, 0.5) is 9.59 Å². The van der Waals surface area contributed by atoms with Crippen LogP contribution < -0.4 is 0 Å². The summed E-state index contributed by atoms with van der Waals surface area (Å²) in [7, 11) is 0. The number of imide groups is 1. The first kappa shape index (κ1) is 26.2. The lowest BCUT2D eigenvalue weighted by molar-refractivity contribution is -0.161. The summed E-state index contributed by atoms with van der Waals surface area (Å²) in [5.74, 6) is -0.734. The highest BCUT2D eigenvalue weighted by molar-refractivity contribution is 5.94. The number of ether oxygens (including phenoxy) is 3. The van der Waals surface area contributed by atoms with E-state index in [0.29, 0.717) is 17.7 Å². The van der Waals surface area contributed by atoms with Crippen LogP contribution in [0, 0.1) is 0 Å². The summed E-state index contributed by atoms with van der Waals surface area (Å²) >= 11 is 0. The van der Waals surface area contributed by atoms with Gasteiger partial charge in [-0.2, -0.15) is 4.90 Å². The molecule has 0 aliphatic heterocycles. The summed E-state index contributed by atoms with van der Waals surface area (Å²) in [5.41, 5.74) is -2.55. The Balaban J connectivity index is 5.92. The van der Waals surface area contributed by atoms with Gasteiger partial charge in [-0.1, -0.05) is 0 Å². The van der Waals surface area contributed by atoms with Gasteiger partial charge in [0.05, 0.1) is 0 Å². The highest BCUT2D eigenvalue weighted by Gasteiger charge is 2.41. The zero-order valence-corrected chi connectivity index (χ0v) is 18.7. The van der Waals surface area contributed by atoms with Gasteiger partial charge in [0, 0.05) is 6.61 Å². The molecule has 28 heavy (non-hydrogen) atoms. The standard InChI is InChI=1S/C20H37NO7/c1-18(2,3)26-15(23)14(12-10-11-13-22)21(16(24)27-19(4,5)6)17(25)28-20(7,8)9/h14,22H,10-13H2,1-9H3/t14-/m0/s1/i13+1. The van der Waals surface area contributed by atoms with Gasteiger partial charge in [-0.3, -0.25) is 0 Å². The fourth-order valence-corrected chi connectivity index (χ4v) is 2.12. The summed E-state index contributed by atoms with van der Waals surface area (Å²) in [4.78, 5) is 39.0. The van der Waals surface area contributed by atoms with Gasteiger partial charge in [-0.05, 0) is 81.6 Å². The predicted molar refractivity (Wildman–Crippen MR) is 105 cm³/mol. The van der Waals surface area contributed by atoms with Crippen LogP contribution in [0.1, 0.15) is 81.6 Å². The van der Waals surface area contributed by atoms with E-state index in [1.54, 1.807) is 62.3 Å². The Morgan fingerprint density at radius 3 is 1.46 bits per heavy atom. The van der Waals surface area contributed by atoms with E-state index in [1.165, 1.54) is 0 Å². The maximum atomic E-state index is 12.8. The molecular weight excluding hydrogens is 367 g/mol. The fourth-order valence-electron chi connectivity index (χ4n) is 2.12. The molecule has 0 aliphatic carbocycles. The van der Waals surface area contributed by atoms with Crippen molar-refractivity contribution in [3.8, 4) is 0 Å². The van der Waals surface area contributed by atoms with E-state index in [1.807, 2.05) is 0 Å². The molecule has 0 saturated carbocycles. The molecule has 8 heteroatoms. The van der Waals surface area contributed by atoms with Gasteiger partial charge in [0.1, 0.15) is 22.8 Å². The molecule has 0 radical (unpaired) electrons. The maximum Gasteiger partial charge on any atom is 0.420 e. The number of hydrogen-bond donors (Lipinski definition) is 1. The summed E-state index contributed by atoms with van der Waals surface area (Å²) in [6.07, 6.45) is -1.03. The van der Waals surface area contributed by atoms with Crippen molar-refractivity contribution in [1.82, 2.24) is 4.90 Å². The fraction of sp³-hybridized carbons (Fsp3) is 0.850. The Bertz CT molecular complexity index is 510. The van der Waals surface area contributed by atoms with Crippen LogP contribution >= 0.6 is 0 Å². The molecule has 0 fully saturated rings. The molecule has 0 rings (SSSR count). The third-order valence-electron chi connectivity index (χ3n) is 3.06. The molecule has 0 aliphatic rings. The number of rotatable bonds is 6. The Morgan fingerprint density at radius 1 is 0.750 bits per heavy atom. The molecular formula is C20H37NO7. The number of nitrogens with zero attached hydrogens (tertiary/aromatic N) is 1. The molecule has 0 spiro atoms. The molecule has 0 heterocycles. The zero-order valence-electron chi connectivity index (χ0n) is 18.7. The number of esters is 1. The van der Waals surface area contributed by atoms with Gasteiger partial charge in [-0.25, -0.2) is 14.4 Å². The van der Waals surface area contributed by atoms with Crippen LogP contribution in [0.25, 0.3) is 0 Å². The molecule has 0 unspecified atom stereocenters. The minimum Gasteiger partial charge on any atom is -0.458 e. The van der Waals surface area contributed by atoms with Crippen LogP contribution in [-0.4, -0.2) is 57.6 Å². The number of carbonyl (C=O) groups is 3. The lowest BCUT2D eigenvalue weighted by Crippen LogP contribution is -2.53. The van der Waals surface area contributed by atoms with Crippen molar-refractivity contribution in [3.63, 3.8) is 0 Å². The Kier molecular flexibility index (Phi) is 9.43. The third-order valence-corrected chi connectivity index (χ3v) is 3.06. The molecule has 0 aromatic heterocycles. The largest absolute Gasteiger partial charge is 0.458 e. The van der Waals surface area contributed by atoms with Crippen molar-refractivity contribution in [1.29, 1.82) is 0 Å². The average Bonchev–Trinajstić information content (AvgIpc) is 2.40. The quantitative estimate of drug-likeness (QED) is 0.308. The van der Waals surface area contributed by atoms with Gasteiger partial charge in [0.2, 0.25) is 0 Å². The van der Waals surface area contributed by atoms with E-state index >= 15 is 0 Å². The first-order valence-corrected chi connectivity index (χ1v) is 9.56. The number of hydrogen-bond acceptors (Lipinski definition) is 7. The van der Waals surface area contributed by atoms with Crippen molar-refractivity contribution in [2.45, 2.75) is 104 Å². The summed E-state index contributed by atoms with van der Waals surface area (Å²) < 4.78 is 16.1. The normalized spacial score (nSPS) is 13.5. The number of aliphatic hydroxyl groups excluding tert-OH is 1. The summed E-state index contributed by atoms with van der Waals surface area (Å²) in [6.45, 7) is 15.0. The molecule has 0 aromatic carbocycles. The monoisotopic (exact) mass is 404 g/mol. The minimum atomic E-state index is -1.23. The van der Waals surface area contributed by atoms with E-state index in [4.69, 9.17) is 19.3 Å². The molecule has 2 amide bonds. The first-order chi connectivity index (χ1) is 12.5. The molecule has 0 aromatic rings. The van der Waals surface area contributed by atoms with Crippen LogP contribution in [0.3, 0.4) is 0 Å². The third kappa shape index (κ3) is 11.1. The zero-order chi connectivity index (χ0) is 22.3. The number of amides is 2. The van der Waals surface area contributed by atoms with E-state index in [2.05, 4.69) is 0 Å². The first-order valence-electron chi connectivity index (χ1n) is 9.56. The van der Waals surface area contributed by atoms with Gasteiger partial charge in [0.15, 0.2) is 0 Å².